The molecule has 0 bridgehead atoms. The van der Waals surface area contributed by atoms with Gasteiger partial charge in [0.05, 0.1) is 6.04 Å². The van der Waals surface area contributed by atoms with Gasteiger partial charge in [0.25, 0.3) is 0 Å². The number of hydrogen-bond donors (Lipinski definition) is 2. The van der Waals surface area contributed by atoms with Crippen LogP contribution >= 0.6 is 0 Å². The molecule has 1 amide bonds. The minimum Gasteiger partial charge on any atom is -0.489 e. The molecule has 0 aliphatic carbocycles. The van der Waals surface area contributed by atoms with Crippen LogP contribution in [0.25, 0.3) is 0 Å². The van der Waals surface area contributed by atoms with Crippen LogP contribution in [-0.2, 0) is 11.4 Å². The Morgan fingerprint density at radius 3 is 1.95 bits per heavy atom. The van der Waals surface area contributed by atoms with Crippen molar-refractivity contribution < 1.29 is 14.6 Å². The van der Waals surface area contributed by atoms with E-state index >= 15 is 0 Å². The summed E-state index contributed by atoms with van der Waals surface area (Å²) >= 11 is 0. The van der Waals surface area contributed by atoms with Gasteiger partial charge in [0, 0.05) is 13.0 Å². The number of aliphatic hydroxyl groups is 1. The number of unbranched alkanes of at least 4 members (excludes halogenated alkanes) is 12. The average molecular weight is 565 g/mol. The SMILES string of the molecule is CCCCCCCCCCCCCCCC(=O)NC(CN1CCCC1)C(O)c1ccc(OCc2ccccc2)cc1. The zero-order valence-corrected chi connectivity index (χ0v) is 25.7. The van der Waals surface area contributed by atoms with Crippen LogP contribution in [0.2, 0.25) is 0 Å². The molecular weight excluding hydrogens is 508 g/mol. The Bertz CT molecular complexity index is 928. The first-order valence-corrected chi connectivity index (χ1v) is 16.6. The van der Waals surface area contributed by atoms with Gasteiger partial charge in [-0.05, 0) is 55.6 Å². The summed E-state index contributed by atoms with van der Waals surface area (Å²) in [6, 6.07) is 17.4. The molecule has 2 aromatic carbocycles. The topological polar surface area (TPSA) is 61.8 Å². The van der Waals surface area contributed by atoms with E-state index in [4.69, 9.17) is 4.74 Å². The van der Waals surface area contributed by atoms with Crippen molar-refractivity contribution in [1.29, 1.82) is 0 Å². The number of nitrogens with one attached hydrogen (secondary N) is 1. The lowest BCUT2D eigenvalue weighted by Crippen LogP contribution is -2.46. The first kappa shape index (κ1) is 33.1. The minimum absolute atomic E-state index is 0.0548. The molecule has 1 heterocycles. The Kier molecular flexibility index (Phi) is 16.6. The van der Waals surface area contributed by atoms with E-state index in [1.54, 1.807) is 0 Å². The lowest BCUT2D eigenvalue weighted by atomic mass is 10.0. The molecule has 41 heavy (non-hydrogen) atoms. The van der Waals surface area contributed by atoms with Gasteiger partial charge in [0.1, 0.15) is 18.5 Å². The molecule has 0 saturated carbocycles. The minimum atomic E-state index is -0.755. The van der Waals surface area contributed by atoms with Gasteiger partial charge >= 0.3 is 0 Å². The summed E-state index contributed by atoms with van der Waals surface area (Å²) in [7, 11) is 0. The van der Waals surface area contributed by atoms with E-state index < -0.39 is 6.10 Å². The van der Waals surface area contributed by atoms with E-state index in [2.05, 4.69) is 17.1 Å². The number of carbonyl (C=O) groups is 1. The Morgan fingerprint density at radius 2 is 1.37 bits per heavy atom. The molecule has 2 aromatic rings. The quantitative estimate of drug-likeness (QED) is 0.141. The summed E-state index contributed by atoms with van der Waals surface area (Å²) < 4.78 is 5.91. The summed E-state index contributed by atoms with van der Waals surface area (Å²) in [5.41, 5.74) is 1.93. The van der Waals surface area contributed by atoms with Gasteiger partial charge in [0.2, 0.25) is 5.91 Å². The molecule has 1 saturated heterocycles. The second-order valence-corrected chi connectivity index (χ2v) is 12.0. The first-order chi connectivity index (χ1) is 20.2. The molecule has 5 heteroatoms. The molecule has 228 valence electrons. The van der Waals surface area contributed by atoms with Crippen molar-refractivity contribution in [2.75, 3.05) is 19.6 Å². The first-order valence-electron chi connectivity index (χ1n) is 16.6. The van der Waals surface area contributed by atoms with E-state index in [9.17, 15) is 9.90 Å². The number of rotatable bonds is 22. The third-order valence-electron chi connectivity index (χ3n) is 8.36. The van der Waals surface area contributed by atoms with Crippen molar-refractivity contribution >= 4 is 5.91 Å². The van der Waals surface area contributed by atoms with Gasteiger partial charge in [-0.1, -0.05) is 126 Å². The highest BCUT2D eigenvalue weighted by Crippen LogP contribution is 2.23. The molecular formula is C36H56N2O3. The van der Waals surface area contributed by atoms with Crippen LogP contribution in [0.3, 0.4) is 0 Å². The maximum atomic E-state index is 12.9. The summed E-state index contributed by atoms with van der Waals surface area (Å²) in [4.78, 5) is 15.2. The van der Waals surface area contributed by atoms with Crippen molar-refractivity contribution in [1.82, 2.24) is 10.2 Å². The van der Waals surface area contributed by atoms with Crippen LogP contribution in [0.1, 0.15) is 127 Å². The number of hydrogen-bond acceptors (Lipinski definition) is 4. The second-order valence-electron chi connectivity index (χ2n) is 12.0. The Morgan fingerprint density at radius 1 is 0.805 bits per heavy atom. The molecule has 1 aliphatic rings. The predicted molar refractivity (Wildman–Crippen MR) is 170 cm³/mol. The van der Waals surface area contributed by atoms with Crippen LogP contribution in [0.15, 0.2) is 54.6 Å². The summed E-state index contributed by atoms with van der Waals surface area (Å²) in [6.07, 6.45) is 19.0. The molecule has 0 spiro atoms. The fourth-order valence-electron chi connectivity index (χ4n) is 5.78. The van der Waals surface area contributed by atoms with E-state index in [-0.39, 0.29) is 11.9 Å². The molecule has 5 nitrogen and oxygen atoms in total. The molecule has 2 atom stereocenters. The fourth-order valence-corrected chi connectivity index (χ4v) is 5.78. The number of benzene rings is 2. The van der Waals surface area contributed by atoms with E-state index in [0.29, 0.717) is 19.6 Å². The van der Waals surface area contributed by atoms with E-state index in [1.165, 1.54) is 83.5 Å². The zero-order valence-electron chi connectivity index (χ0n) is 25.7. The van der Waals surface area contributed by atoms with Crippen LogP contribution in [0.4, 0.5) is 0 Å². The lowest BCUT2D eigenvalue weighted by molar-refractivity contribution is -0.123. The van der Waals surface area contributed by atoms with Crippen LogP contribution in [0.5, 0.6) is 5.75 Å². The molecule has 2 N–H and O–H groups in total. The van der Waals surface area contributed by atoms with Crippen LogP contribution in [0, 0.1) is 0 Å². The van der Waals surface area contributed by atoms with Crippen molar-refractivity contribution in [3.8, 4) is 5.75 Å². The van der Waals surface area contributed by atoms with Gasteiger partial charge in [-0.3, -0.25) is 4.79 Å². The molecule has 1 fully saturated rings. The van der Waals surface area contributed by atoms with E-state index in [0.717, 1.165) is 42.8 Å². The molecule has 0 aromatic heterocycles. The number of aliphatic hydroxyl groups excluding tert-OH is 1. The zero-order chi connectivity index (χ0) is 29.0. The fraction of sp³-hybridized carbons (Fsp3) is 0.639. The Balaban J connectivity index is 1.35. The summed E-state index contributed by atoms with van der Waals surface area (Å²) in [5, 5.41) is 14.5. The molecule has 0 radical (unpaired) electrons. The average Bonchev–Trinajstić information content (AvgIpc) is 3.52. The largest absolute Gasteiger partial charge is 0.489 e. The Hall–Kier alpha value is -2.37. The van der Waals surface area contributed by atoms with E-state index in [1.807, 2.05) is 54.6 Å². The van der Waals surface area contributed by atoms with Gasteiger partial charge in [-0.25, -0.2) is 0 Å². The summed E-state index contributed by atoms with van der Waals surface area (Å²) in [6.45, 7) is 5.52. The maximum Gasteiger partial charge on any atom is 0.220 e. The van der Waals surface area contributed by atoms with Gasteiger partial charge in [0.15, 0.2) is 0 Å². The summed E-state index contributed by atoms with van der Waals surface area (Å²) in [5.74, 6) is 0.825. The Labute approximate surface area is 250 Å². The monoisotopic (exact) mass is 564 g/mol. The highest BCUT2D eigenvalue weighted by Gasteiger charge is 2.26. The van der Waals surface area contributed by atoms with Gasteiger partial charge in [-0.15, -0.1) is 0 Å². The van der Waals surface area contributed by atoms with Gasteiger partial charge in [-0.2, -0.15) is 0 Å². The van der Waals surface area contributed by atoms with Crippen molar-refractivity contribution in [3.63, 3.8) is 0 Å². The molecule has 3 rings (SSSR count). The number of amides is 1. The second kappa shape index (κ2) is 20.5. The molecule has 2 unspecified atom stereocenters. The van der Waals surface area contributed by atoms with Crippen LogP contribution in [-0.4, -0.2) is 41.6 Å². The van der Waals surface area contributed by atoms with Gasteiger partial charge < -0.3 is 20.1 Å². The lowest BCUT2D eigenvalue weighted by Gasteiger charge is -2.29. The smallest absolute Gasteiger partial charge is 0.220 e. The number of nitrogens with zero attached hydrogens (tertiary/aromatic N) is 1. The third kappa shape index (κ3) is 13.9. The maximum absolute atomic E-state index is 12.9. The van der Waals surface area contributed by atoms with Crippen molar-refractivity contribution in [2.24, 2.45) is 0 Å². The van der Waals surface area contributed by atoms with Crippen LogP contribution < -0.4 is 10.1 Å². The van der Waals surface area contributed by atoms with Crippen molar-refractivity contribution in [3.05, 3.63) is 65.7 Å². The van der Waals surface area contributed by atoms with Crippen molar-refractivity contribution in [2.45, 2.75) is 128 Å². The highest BCUT2D eigenvalue weighted by atomic mass is 16.5. The normalized spacial score (nSPS) is 15.1. The predicted octanol–water partition coefficient (Wildman–Crippen LogP) is 8.36. The standard InChI is InChI=1S/C36H56N2O3/c1-2-3-4-5-6-7-8-9-10-11-12-13-17-22-35(39)37-34(29-38-27-18-19-28-38)36(40)32-23-25-33(26-24-32)41-30-31-20-15-14-16-21-31/h14-16,20-21,23-26,34,36,40H,2-13,17-19,22,27-30H2,1H3,(H,37,39). The highest BCUT2D eigenvalue weighted by molar-refractivity contribution is 5.76. The number of ether oxygens (including phenoxy) is 1. The number of likely N-dealkylation sites (tertiary alicyclic amines) is 1. The number of carbonyl (C=O) groups excluding carboxylic acids is 1. The molecule has 1 aliphatic heterocycles. The third-order valence-corrected chi connectivity index (χ3v) is 8.36.